The number of aromatic amines is 1. The summed E-state index contributed by atoms with van der Waals surface area (Å²) in [5, 5.41) is 11.8. The maximum Gasteiger partial charge on any atom is 0.329 e. The van der Waals surface area contributed by atoms with Crippen LogP contribution in [-0.2, 0) is 4.79 Å². The molecule has 86 valence electrons. The summed E-state index contributed by atoms with van der Waals surface area (Å²) in [6.45, 7) is 0. The Morgan fingerprint density at radius 1 is 1.62 bits per heavy atom. The van der Waals surface area contributed by atoms with Crippen LogP contribution in [-0.4, -0.2) is 26.6 Å². The van der Waals surface area contributed by atoms with Crippen molar-refractivity contribution in [1.29, 1.82) is 0 Å². The number of nitrogens with two attached hydrogens (primary N) is 1. The van der Waals surface area contributed by atoms with E-state index in [1.807, 2.05) is 0 Å². The van der Waals surface area contributed by atoms with Gasteiger partial charge in [0.25, 0.3) is 5.56 Å². The highest BCUT2D eigenvalue weighted by Gasteiger charge is 2.45. The molecule has 1 aromatic rings. The molecule has 0 aliphatic heterocycles. The minimum atomic E-state index is -1.02. The maximum absolute atomic E-state index is 11.2. The van der Waals surface area contributed by atoms with Gasteiger partial charge in [0.2, 0.25) is 0 Å². The highest BCUT2D eigenvalue weighted by Crippen LogP contribution is 2.35. The highest BCUT2D eigenvalue weighted by molar-refractivity contribution is 5.84. The van der Waals surface area contributed by atoms with Gasteiger partial charge >= 0.3 is 5.97 Å². The maximum atomic E-state index is 11.2. The lowest BCUT2D eigenvalue weighted by atomic mass is 9.77. The van der Waals surface area contributed by atoms with Gasteiger partial charge in [0, 0.05) is 0 Å². The van der Waals surface area contributed by atoms with Gasteiger partial charge in [0.1, 0.15) is 11.2 Å². The molecule has 0 radical (unpaired) electrons. The third-order valence-electron chi connectivity index (χ3n) is 2.86. The van der Waals surface area contributed by atoms with Gasteiger partial charge in [-0.1, -0.05) is 0 Å². The lowest BCUT2D eigenvalue weighted by Gasteiger charge is -2.38. The average Bonchev–Trinajstić information content (AvgIpc) is 2.17. The second-order valence-corrected chi connectivity index (χ2v) is 3.86. The Labute approximate surface area is 90.7 Å². The summed E-state index contributed by atoms with van der Waals surface area (Å²) in [7, 11) is 0. The Morgan fingerprint density at radius 2 is 2.31 bits per heavy atom. The van der Waals surface area contributed by atoms with Crippen molar-refractivity contribution in [3.8, 4) is 0 Å². The Hall–Kier alpha value is -2.05. The van der Waals surface area contributed by atoms with E-state index in [1.54, 1.807) is 0 Å². The Bertz CT molecular complexity index is 478. The zero-order valence-electron chi connectivity index (χ0n) is 8.49. The fraction of sp³-hybridized carbons (Fsp3) is 0.444. The van der Waals surface area contributed by atoms with Crippen LogP contribution in [0.1, 0.15) is 19.3 Å². The van der Waals surface area contributed by atoms with Crippen LogP contribution in [0.15, 0.2) is 11.1 Å². The Kier molecular flexibility index (Phi) is 2.30. The van der Waals surface area contributed by atoms with E-state index in [-0.39, 0.29) is 11.5 Å². The predicted octanol–water partition coefficient (Wildman–Crippen LogP) is -0.229. The number of hydrogen-bond acceptors (Lipinski definition) is 5. The number of nitrogens with zero attached hydrogens (tertiary/aromatic N) is 1. The molecule has 1 aliphatic carbocycles. The minimum Gasteiger partial charge on any atom is -0.480 e. The van der Waals surface area contributed by atoms with E-state index in [4.69, 9.17) is 10.8 Å². The van der Waals surface area contributed by atoms with Crippen LogP contribution in [0.4, 0.5) is 11.5 Å². The monoisotopic (exact) mass is 224 g/mol. The van der Waals surface area contributed by atoms with Gasteiger partial charge < -0.3 is 21.1 Å². The van der Waals surface area contributed by atoms with Gasteiger partial charge in [-0.3, -0.25) is 4.79 Å². The molecule has 0 amide bonds. The van der Waals surface area contributed by atoms with Gasteiger partial charge in [-0.15, -0.1) is 0 Å². The average molecular weight is 224 g/mol. The molecule has 1 aliphatic rings. The van der Waals surface area contributed by atoms with E-state index in [0.29, 0.717) is 12.8 Å². The second-order valence-electron chi connectivity index (χ2n) is 3.86. The SMILES string of the molecule is Nc1c(NC2(C(=O)O)CCC2)nc[nH]c1=O. The number of nitrogen functional groups attached to an aromatic ring is 1. The smallest absolute Gasteiger partial charge is 0.329 e. The first-order chi connectivity index (χ1) is 7.55. The number of rotatable bonds is 3. The fourth-order valence-corrected chi connectivity index (χ4v) is 1.66. The summed E-state index contributed by atoms with van der Waals surface area (Å²) in [4.78, 5) is 28.4. The number of H-pyrrole nitrogens is 1. The van der Waals surface area contributed by atoms with Crippen molar-refractivity contribution in [2.45, 2.75) is 24.8 Å². The molecule has 0 bridgehead atoms. The summed E-state index contributed by atoms with van der Waals surface area (Å²) < 4.78 is 0. The lowest BCUT2D eigenvalue weighted by Crippen LogP contribution is -2.52. The fourth-order valence-electron chi connectivity index (χ4n) is 1.66. The van der Waals surface area contributed by atoms with Crippen LogP contribution >= 0.6 is 0 Å². The van der Waals surface area contributed by atoms with Gasteiger partial charge in [0.05, 0.1) is 6.33 Å². The second kappa shape index (κ2) is 3.51. The van der Waals surface area contributed by atoms with Crippen molar-refractivity contribution in [2.75, 3.05) is 11.1 Å². The molecule has 5 N–H and O–H groups in total. The first-order valence-corrected chi connectivity index (χ1v) is 4.90. The number of anilines is 2. The lowest BCUT2D eigenvalue weighted by molar-refractivity contribution is -0.145. The van der Waals surface area contributed by atoms with Gasteiger partial charge in [0.15, 0.2) is 5.82 Å². The molecule has 2 rings (SSSR count). The molecule has 1 fully saturated rings. The molecule has 1 saturated carbocycles. The number of carboxylic acid groups (broad SMARTS) is 1. The number of aromatic nitrogens is 2. The van der Waals surface area contributed by atoms with Crippen LogP contribution in [0.25, 0.3) is 0 Å². The van der Waals surface area contributed by atoms with Crippen molar-refractivity contribution in [2.24, 2.45) is 0 Å². The van der Waals surface area contributed by atoms with Crippen molar-refractivity contribution < 1.29 is 9.90 Å². The van der Waals surface area contributed by atoms with E-state index in [2.05, 4.69) is 15.3 Å². The molecule has 0 atom stereocenters. The summed E-state index contributed by atoms with van der Waals surface area (Å²) in [6, 6.07) is 0. The van der Waals surface area contributed by atoms with E-state index >= 15 is 0 Å². The van der Waals surface area contributed by atoms with Crippen molar-refractivity contribution in [3.63, 3.8) is 0 Å². The minimum absolute atomic E-state index is 0.0879. The van der Waals surface area contributed by atoms with Crippen LogP contribution in [0.3, 0.4) is 0 Å². The quantitative estimate of drug-likeness (QED) is 0.562. The third-order valence-corrected chi connectivity index (χ3v) is 2.86. The highest BCUT2D eigenvalue weighted by atomic mass is 16.4. The van der Waals surface area contributed by atoms with Crippen LogP contribution < -0.4 is 16.6 Å². The summed E-state index contributed by atoms with van der Waals surface area (Å²) in [5.41, 5.74) is 3.93. The number of hydrogen-bond donors (Lipinski definition) is 4. The van der Waals surface area contributed by atoms with Crippen molar-refractivity contribution in [3.05, 3.63) is 16.7 Å². The molecule has 0 saturated heterocycles. The molecule has 1 heterocycles. The van der Waals surface area contributed by atoms with Gasteiger partial charge in [-0.2, -0.15) is 0 Å². The van der Waals surface area contributed by atoms with E-state index < -0.39 is 17.1 Å². The summed E-state index contributed by atoms with van der Waals surface area (Å²) >= 11 is 0. The molecule has 0 aromatic carbocycles. The Balaban J connectivity index is 2.30. The number of aliphatic carboxylic acids is 1. The van der Waals surface area contributed by atoms with E-state index in [0.717, 1.165) is 6.42 Å². The topological polar surface area (TPSA) is 121 Å². The normalized spacial score (nSPS) is 17.5. The molecular formula is C9H12N4O3. The van der Waals surface area contributed by atoms with Crippen molar-refractivity contribution >= 4 is 17.5 Å². The van der Waals surface area contributed by atoms with Crippen LogP contribution in [0.2, 0.25) is 0 Å². The standard InChI is InChI=1S/C9H12N4O3/c10-5-6(11-4-12-7(5)14)13-9(8(15)16)2-1-3-9/h4H,1-3,10H2,(H,15,16)(H2,11,12,13,14). The van der Waals surface area contributed by atoms with Gasteiger partial charge in [-0.25, -0.2) is 9.78 Å². The number of nitrogens with one attached hydrogen (secondary N) is 2. The molecule has 7 heteroatoms. The van der Waals surface area contributed by atoms with Crippen molar-refractivity contribution in [1.82, 2.24) is 9.97 Å². The van der Waals surface area contributed by atoms with Gasteiger partial charge in [-0.05, 0) is 19.3 Å². The first kappa shape index (κ1) is 10.5. The van der Waals surface area contributed by atoms with E-state index in [9.17, 15) is 9.59 Å². The molecule has 0 spiro atoms. The zero-order chi connectivity index (χ0) is 11.8. The summed E-state index contributed by atoms with van der Waals surface area (Å²) in [6.07, 6.45) is 3.05. The number of carbonyl (C=O) groups is 1. The molecular weight excluding hydrogens is 212 g/mol. The zero-order valence-corrected chi connectivity index (χ0v) is 8.49. The third kappa shape index (κ3) is 1.50. The van der Waals surface area contributed by atoms with E-state index in [1.165, 1.54) is 6.33 Å². The molecule has 16 heavy (non-hydrogen) atoms. The molecule has 1 aromatic heterocycles. The largest absolute Gasteiger partial charge is 0.480 e. The predicted molar refractivity (Wildman–Crippen MR) is 57.1 cm³/mol. The van der Waals surface area contributed by atoms with Crippen LogP contribution in [0, 0.1) is 0 Å². The first-order valence-electron chi connectivity index (χ1n) is 4.90. The number of carboxylic acids is 1. The summed E-state index contributed by atoms with van der Waals surface area (Å²) in [5.74, 6) is -0.814. The molecule has 7 nitrogen and oxygen atoms in total. The Morgan fingerprint density at radius 3 is 2.81 bits per heavy atom. The molecule has 0 unspecified atom stereocenters. The van der Waals surface area contributed by atoms with Crippen LogP contribution in [0.5, 0.6) is 0 Å².